The highest BCUT2D eigenvalue weighted by Crippen LogP contribution is 2.45. The van der Waals surface area contributed by atoms with Gasteiger partial charge in [-0.15, -0.1) is 11.8 Å². The highest BCUT2D eigenvalue weighted by atomic mass is 35.5. The van der Waals surface area contributed by atoms with Crippen molar-refractivity contribution in [1.29, 1.82) is 0 Å². The first kappa shape index (κ1) is 20.8. The number of hydrogen-bond acceptors (Lipinski definition) is 4. The average Bonchev–Trinajstić information content (AvgIpc) is 3.03. The summed E-state index contributed by atoms with van der Waals surface area (Å²) in [5, 5.41) is 3.44. The van der Waals surface area contributed by atoms with Crippen molar-refractivity contribution >= 4 is 52.7 Å². The molecule has 2 amide bonds. The molecule has 0 bridgehead atoms. The minimum absolute atomic E-state index is 0.0296. The van der Waals surface area contributed by atoms with Gasteiger partial charge in [-0.05, 0) is 38.1 Å². The van der Waals surface area contributed by atoms with Gasteiger partial charge in [0.05, 0.1) is 11.3 Å². The molecule has 0 aromatic heterocycles. The summed E-state index contributed by atoms with van der Waals surface area (Å²) in [6, 6.07) is 14.3. The number of benzene rings is 2. The number of ether oxygens (including phenoxy) is 1. The van der Waals surface area contributed by atoms with E-state index in [4.69, 9.17) is 27.9 Å². The van der Waals surface area contributed by atoms with Gasteiger partial charge in [0, 0.05) is 21.3 Å². The lowest BCUT2D eigenvalue weighted by molar-refractivity contribution is -0.134. The first-order valence-corrected chi connectivity index (χ1v) is 10.5. The van der Waals surface area contributed by atoms with Gasteiger partial charge in [-0.3, -0.25) is 10.1 Å². The number of rotatable bonds is 5. The maximum atomic E-state index is 12.6. The number of hydrogen-bond donors (Lipinski definition) is 1. The molecular weight excluding hydrogens is 419 g/mol. The number of anilines is 1. The fraction of sp³-hybridized carbons (Fsp3) is 0.300. The lowest BCUT2D eigenvalue weighted by atomic mass is 10.0. The summed E-state index contributed by atoms with van der Waals surface area (Å²) < 4.78 is 5.40. The zero-order valence-electron chi connectivity index (χ0n) is 15.4. The van der Waals surface area contributed by atoms with Gasteiger partial charge in [0.1, 0.15) is 12.0 Å². The molecule has 1 fully saturated rings. The molecule has 8 heteroatoms. The molecule has 1 heterocycles. The van der Waals surface area contributed by atoms with Crippen LogP contribution in [0, 0.1) is 0 Å². The van der Waals surface area contributed by atoms with Crippen LogP contribution in [-0.4, -0.2) is 34.8 Å². The van der Waals surface area contributed by atoms with E-state index in [1.807, 2.05) is 38.1 Å². The van der Waals surface area contributed by atoms with E-state index in [9.17, 15) is 9.59 Å². The molecule has 1 unspecified atom stereocenters. The third kappa shape index (κ3) is 4.74. The van der Waals surface area contributed by atoms with Crippen molar-refractivity contribution in [1.82, 2.24) is 4.90 Å². The number of carbonyl (C=O) groups is 2. The highest BCUT2D eigenvalue weighted by Gasteiger charge is 2.43. The summed E-state index contributed by atoms with van der Waals surface area (Å²) in [6.07, 6.45) is -0.570. The van der Waals surface area contributed by atoms with E-state index in [1.54, 1.807) is 29.2 Å². The predicted molar refractivity (Wildman–Crippen MR) is 114 cm³/mol. The van der Waals surface area contributed by atoms with Crippen molar-refractivity contribution in [3.63, 3.8) is 0 Å². The molecule has 1 saturated heterocycles. The Balaban J connectivity index is 1.71. The summed E-state index contributed by atoms with van der Waals surface area (Å²) in [6.45, 7) is 3.77. The Labute approximate surface area is 178 Å². The predicted octanol–water partition coefficient (Wildman–Crippen LogP) is 5.59. The van der Waals surface area contributed by atoms with Crippen molar-refractivity contribution in [3.8, 4) is 0 Å². The SMILES string of the molecule is CC(C)(COC(=O)Nc1ccccc1)N1C(=O)CSC1c1ccc(Cl)cc1Cl. The quantitative estimate of drug-likeness (QED) is 0.660. The van der Waals surface area contributed by atoms with Crippen LogP contribution in [0.4, 0.5) is 10.5 Å². The molecule has 1 aliphatic rings. The Bertz CT molecular complexity index is 877. The molecule has 1 N–H and O–H groups in total. The summed E-state index contributed by atoms with van der Waals surface area (Å²) in [7, 11) is 0. The third-order valence-electron chi connectivity index (χ3n) is 4.33. The summed E-state index contributed by atoms with van der Waals surface area (Å²) in [4.78, 5) is 26.4. The van der Waals surface area contributed by atoms with Crippen molar-refractivity contribution in [2.24, 2.45) is 0 Å². The summed E-state index contributed by atoms with van der Waals surface area (Å²) in [5.74, 6) is 0.307. The topological polar surface area (TPSA) is 58.6 Å². The van der Waals surface area contributed by atoms with E-state index < -0.39 is 11.6 Å². The first-order valence-electron chi connectivity index (χ1n) is 8.65. The Hall–Kier alpha value is -1.89. The molecule has 0 aliphatic carbocycles. The number of para-hydroxylation sites is 1. The molecule has 3 rings (SSSR count). The zero-order chi connectivity index (χ0) is 20.3. The normalized spacial score (nSPS) is 16.9. The fourth-order valence-corrected chi connectivity index (χ4v) is 4.95. The van der Waals surface area contributed by atoms with Gasteiger partial charge in [0.25, 0.3) is 0 Å². The number of nitrogens with zero attached hydrogens (tertiary/aromatic N) is 1. The number of thioether (sulfide) groups is 1. The molecule has 2 aromatic rings. The maximum absolute atomic E-state index is 12.6. The lowest BCUT2D eigenvalue weighted by Crippen LogP contribution is -2.50. The van der Waals surface area contributed by atoms with E-state index in [0.29, 0.717) is 21.5 Å². The van der Waals surface area contributed by atoms with Gasteiger partial charge in [-0.2, -0.15) is 0 Å². The fourth-order valence-electron chi connectivity index (χ4n) is 3.00. The Morgan fingerprint density at radius 2 is 1.96 bits per heavy atom. The van der Waals surface area contributed by atoms with Crippen LogP contribution in [0.15, 0.2) is 48.5 Å². The van der Waals surface area contributed by atoms with Crippen LogP contribution in [0.3, 0.4) is 0 Å². The molecule has 1 aliphatic heterocycles. The summed E-state index contributed by atoms with van der Waals surface area (Å²) in [5.41, 5.74) is 0.732. The molecule has 1 atom stereocenters. The average molecular weight is 439 g/mol. The highest BCUT2D eigenvalue weighted by molar-refractivity contribution is 8.00. The minimum Gasteiger partial charge on any atom is -0.447 e. The van der Waals surface area contributed by atoms with E-state index in [0.717, 1.165) is 5.56 Å². The van der Waals surface area contributed by atoms with E-state index in [-0.39, 0.29) is 17.9 Å². The van der Waals surface area contributed by atoms with Crippen molar-refractivity contribution < 1.29 is 14.3 Å². The molecule has 148 valence electrons. The second kappa shape index (κ2) is 8.64. The number of amides is 2. The molecular formula is C20H20Cl2N2O3S. The zero-order valence-corrected chi connectivity index (χ0v) is 17.8. The van der Waals surface area contributed by atoms with Crippen LogP contribution in [-0.2, 0) is 9.53 Å². The molecule has 5 nitrogen and oxygen atoms in total. The van der Waals surface area contributed by atoms with Gasteiger partial charge in [-0.25, -0.2) is 4.79 Å². The molecule has 0 saturated carbocycles. The molecule has 2 aromatic carbocycles. The van der Waals surface area contributed by atoms with E-state index in [1.165, 1.54) is 11.8 Å². The maximum Gasteiger partial charge on any atom is 0.411 e. The van der Waals surface area contributed by atoms with Crippen LogP contribution in [0.25, 0.3) is 0 Å². The van der Waals surface area contributed by atoms with Crippen molar-refractivity contribution in [3.05, 3.63) is 64.1 Å². The van der Waals surface area contributed by atoms with Gasteiger partial charge in [0.15, 0.2) is 0 Å². The first-order chi connectivity index (χ1) is 13.3. The van der Waals surface area contributed by atoms with Crippen LogP contribution in [0.1, 0.15) is 24.8 Å². The monoisotopic (exact) mass is 438 g/mol. The van der Waals surface area contributed by atoms with E-state index in [2.05, 4.69) is 5.32 Å². The van der Waals surface area contributed by atoms with Crippen molar-refractivity contribution in [2.75, 3.05) is 17.7 Å². The number of halogens is 2. The van der Waals surface area contributed by atoms with Gasteiger partial charge < -0.3 is 9.64 Å². The van der Waals surface area contributed by atoms with Gasteiger partial charge in [-0.1, -0.05) is 47.5 Å². The standard InChI is InChI=1S/C20H20Cl2N2O3S/c1-20(2,12-27-19(26)23-14-6-4-3-5-7-14)24-17(25)11-28-18(24)15-9-8-13(21)10-16(15)22/h3-10,18H,11-12H2,1-2H3,(H,23,26). The Morgan fingerprint density at radius 1 is 1.25 bits per heavy atom. The lowest BCUT2D eigenvalue weighted by Gasteiger charge is -2.39. The van der Waals surface area contributed by atoms with E-state index >= 15 is 0 Å². The van der Waals surface area contributed by atoms with Crippen LogP contribution < -0.4 is 5.32 Å². The second-order valence-corrected chi connectivity index (χ2v) is 8.88. The third-order valence-corrected chi connectivity index (χ3v) is 6.08. The van der Waals surface area contributed by atoms with Crippen LogP contribution >= 0.6 is 35.0 Å². The number of nitrogens with one attached hydrogen (secondary N) is 1. The summed E-state index contributed by atoms with van der Waals surface area (Å²) >= 11 is 13.8. The second-order valence-electron chi connectivity index (χ2n) is 6.97. The van der Waals surface area contributed by atoms with Crippen LogP contribution in [0.2, 0.25) is 10.0 Å². The molecule has 0 radical (unpaired) electrons. The molecule has 0 spiro atoms. The number of carbonyl (C=O) groups excluding carboxylic acids is 2. The van der Waals surface area contributed by atoms with Gasteiger partial charge in [0.2, 0.25) is 5.91 Å². The minimum atomic E-state index is -0.720. The molecule has 28 heavy (non-hydrogen) atoms. The van der Waals surface area contributed by atoms with Crippen molar-refractivity contribution in [2.45, 2.75) is 24.8 Å². The smallest absolute Gasteiger partial charge is 0.411 e. The Morgan fingerprint density at radius 3 is 2.64 bits per heavy atom. The Kier molecular flexibility index (Phi) is 6.43. The largest absolute Gasteiger partial charge is 0.447 e. The van der Waals surface area contributed by atoms with Crippen LogP contribution in [0.5, 0.6) is 0 Å². The van der Waals surface area contributed by atoms with Gasteiger partial charge >= 0.3 is 6.09 Å².